The van der Waals surface area contributed by atoms with Crippen LogP contribution in [0.3, 0.4) is 0 Å². The number of hydrogen-bond acceptors (Lipinski definition) is 2. The topological polar surface area (TPSA) is 15.3 Å². The van der Waals surface area contributed by atoms with E-state index >= 15 is 0 Å². The van der Waals surface area contributed by atoms with Gasteiger partial charge in [-0.3, -0.25) is 6.64 Å². The van der Waals surface area contributed by atoms with Gasteiger partial charge in [0.05, 0.1) is 0 Å². The van der Waals surface area contributed by atoms with Gasteiger partial charge in [0, 0.05) is 58.3 Å². The van der Waals surface area contributed by atoms with Crippen LogP contribution in [0.1, 0.15) is 13.3 Å². The molecule has 2 nitrogen and oxygen atoms in total. The first kappa shape index (κ1) is 10.4. The van der Waals surface area contributed by atoms with Crippen LogP contribution < -0.4 is 3.53 Å². The minimum atomic E-state index is 0.628. The molecule has 0 saturated carbocycles. The minimum absolute atomic E-state index is 0.628. The summed E-state index contributed by atoms with van der Waals surface area (Å²) in [4.78, 5) is 0. The lowest BCUT2D eigenvalue weighted by atomic mass is 10.2. The summed E-state index contributed by atoms with van der Waals surface area (Å²) in [6.07, 6.45) is 1.21. The normalized spacial score (nSPS) is 14.3. The van der Waals surface area contributed by atoms with Gasteiger partial charge >= 0.3 is 0 Å². The summed E-state index contributed by atoms with van der Waals surface area (Å²) < 4.78 is 5.33. The second kappa shape index (κ2) is 6.11. The molecule has 0 heterocycles. The van der Waals surface area contributed by atoms with E-state index in [1.807, 2.05) is 0 Å². The van der Waals surface area contributed by atoms with E-state index in [-0.39, 0.29) is 0 Å². The number of nitrogens with zero attached hydrogens (tertiary/aromatic N) is 1. The van der Waals surface area contributed by atoms with Gasteiger partial charge in [-0.15, -0.1) is 0 Å². The van der Waals surface area contributed by atoms with Crippen LogP contribution in [0.2, 0.25) is 0 Å². The van der Waals surface area contributed by atoms with Crippen molar-refractivity contribution in [3.8, 4) is 0 Å². The molecule has 1 N–H and O–H groups in total. The summed E-state index contributed by atoms with van der Waals surface area (Å²) in [5, 5.41) is 0. The van der Waals surface area contributed by atoms with Gasteiger partial charge in [-0.25, -0.2) is 0 Å². The van der Waals surface area contributed by atoms with Gasteiger partial charge < -0.3 is 0 Å². The highest BCUT2D eigenvalue weighted by molar-refractivity contribution is 14.1. The largest absolute Gasteiger partial charge is 0.258 e. The molecule has 0 spiro atoms. The molecule has 0 aliphatic rings. The highest BCUT2D eigenvalue weighted by Crippen LogP contribution is 1.98. The van der Waals surface area contributed by atoms with Crippen molar-refractivity contribution in [2.24, 2.45) is 0 Å². The molecule has 56 valence electrons. The molecular formula is C5H12I2N2. The SMILES string of the molecule is CC(CCN(C)I)NI. The van der Waals surface area contributed by atoms with Crippen molar-refractivity contribution in [1.29, 1.82) is 0 Å². The van der Waals surface area contributed by atoms with E-state index in [1.165, 1.54) is 6.42 Å². The van der Waals surface area contributed by atoms with Crippen molar-refractivity contribution in [3.63, 3.8) is 0 Å². The maximum atomic E-state index is 3.16. The van der Waals surface area contributed by atoms with E-state index in [0.717, 1.165) is 6.54 Å². The summed E-state index contributed by atoms with van der Waals surface area (Å²) in [5.74, 6) is 0. The molecule has 0 saturated heterocycles. The van der Waals surface area contributed by atoms with Crippen LogP contribution in [0, 0.1) is 0 Å². The third kappa shape index (κ3) is 7.27. The Morgan fingerprint density at radius 3 is 2.56 bits per heavy atom. The fourth-order valence-corrected chi connectivity index (χ4v) is 1.02. The predicted octanol–water partition coefficient (Wildman–Crippen LogP) is 1.99. The third-order valence-corrected chi connectivity index (χ3v) is 2.60. The third-order valence-electron chi connectivity index (χ3n) is 1.06. The van der Waals surface area contributed by atoms with E-state index in [4.69, 9.17) is 0 Å². The molecule has 0 aliphatic carbocycles. The van der Waals surface area contributed by atoms with Gasteiger partial charge in [0.2, 0.25) is 0 Å². The molecule has 9 heavy (non-hydrogen) atoms. The van der Waals surface area contributed by atoms with Crippen molar-refractivity contribution in [3.05, 3.63) is 0 Å². The van der Waals surface area contributed by atoms with E-state index < -0.39 is 0 Å². The van der Waals surface area contributed by atoms with Gasteiger partial charge in [0.25, 0.3) is 0 Å². The average molecular weight is 354 g/mol. The van der Waals surface area contributed by atoms with Crippen molar-refractivity contribution in [2.45, 2.75) is 19.4 Å². The summed E-state index contributed by atoms with van der Waals surface area (Å²) in [5.41, 5.74) is 0. The van der Waals surface area contributed by atoms with Crippen LogP contribution >= 0.6 is 45.7 Å². The molecule has 0 aromatic heterocycles. The van der Waals surface area contributed by atoms with Gasteiger partial charge in [0.1, 0.15) is 0 Å². The van der Waals surface area contributed by atoms with Crippen molar-refractivity contribution in [2.75, 3.05) is 13.6 Å². The molecule has 0 amide bonds. The van der Waals surface area contributed by atoms with Crippen LogP contribution in [0.5, 0.6) is 0 Å². The Kier molecular flexibility index (Phi) is 7.05. The first-order chi connectivity index (χ1) is 4.16. The molecule has 1 atom stereocenters. The fourth-order valence-electron chi connectivity index (χ4n) is 0.426. The van der Waals surface area contributed by atoms with Crippen LogP contribution in [0.15, 0.2) is 0 Å². The second-order valence-corrected chi connectivity index (χ2v) is 4.40. The summed E-state index contributed by atoms with van der Waals surface area (Å²) in [7, 11) is 2.08. The van der Waals surface area contributed by atoms with Gasteiger partial charge in [-0.1, -0.05) is 0 Å². The number of halogens is 2. The van der Waals surface area contributed by atoms with E-state index in [2.05, 4.69) is 66.3 Å². The molecule has 0 aliphatic heterocycles. The summed E-state index contributed by atoms with van der Waals surface area (Å²) in [6.45, 7) is 3.34. The van der Waals surface area contributed by atoms with E-state index in [1.54, 1.807) is 0 Å². The maximum Gasteiger partial charge on any atom is 0.0198 e. The van der Waals surface area contributed by atoms with Crippen LogP contribution in [0.4, 0.5) is 0 Å². The summed E-state index contributed by atoms with van der Waals surface area (Å²) in [6, 6.07) is 0.628. The van der Waals surface area contributed by atoms with Crippen LogP contribution in [0.25, 0.3) is 0 Å². The molecule has 0 fully saturated rings. The first-order valence-electron chi connectivity index (χ1n) is 2.90. The second-order valence-electron chi connectivity index (χ2n) is 2.13. The van der Waals surface area contributed by atoms with Crippen LogP contribution in [-0.2, 0) is 0 Å². The molecule has 0 aromatic rings. The average Bonchev–Trinajstić information content (AvgIpc) is 1.83. The molecule has 0 aromatic carbocycles. The molecule has 0 rings (SSSR count). The number of rotatable bonds is 4. The van der Waals surface area contributed by atoms with Gasteiger partial charge in [-0.05, 0) is 20.4 Å². The lowest BCUT2D eigenvalue weighted by Crippen LogP contribution is -2.20. The van der Waals surface area contributed by atoms with Crippen molar-refractivity contribution < 1.29 is 0 Å². The zero-order chi connectivity index (χ0) is 7.28. The quantitative estimate of drug-likeness (QED) is 0.614. The first-order valence-corrected chi connectivity index (χ1v) is 4.94. The van der Waals surface area contributed by atoms with Gasteiger partial charge in [0.15, 0.2) is 0 Å². The Labute approximate surface area is 84.7 Å². The highest BCUT2D eigenvalue weighted by Gasteiger charge is 1.98. The minimum Gasteiger partial charge on any atom is -0.258 e. The smallest absolute Gasteiger partial charge is 0.0198 e. The zero-order valence-electron chi connectivity index (χ0n) is 5.69. The Hall–Kier alpha value is 1.38. The van der Waals surface area contributed by atoms with E-state index in [0.29, 0.717) is 6.04 Å². The Bertz CT molecular complexity index is 68.0. The molecule has 0 radical (unpaired) electrons. The zero-order valence-corrected chi connectivity index (χ0v) is 10.0. The van der Waals surface area contributed by atoms with Crippen molar-refractivity contribution >= 4 is 45.7 Å². The number of hydrogen-bond donors (Lipinski definition) is 1. The fraction of sp³-hybridized carbons (Fsp3) is 1.00. The van der Waals surface area contributed by atoms with Gasteiger partial charge in [-0.2, -0.15) is 0 Å². The van der Waals surface area contributed by atoms with Crippen molar-refractivity contribution in [1.82, 2.24) is 6.64 Å². The Morgan fingerprint density at radius 1 is 1.67 bits per heavy atom. The monoisotopic (exact) mass is 354 g/mol. The lowest BCUT2D eigenvalue weighted by molar-refractivity contribution is 0.526. The predicted molar refractivity (Wildman–Crippen MR) is 57.9 cm³/mol. The molecule has 4 heteroatoms. The standard InChI is InChI=1S/C5H12I2N2/c1-5(8-6)3-4-9(2)7/h5,8H,3-4H2,1-2H3. The molecule has 1 unspecified atom stereocenters. The molecular weight excluding hydrogens is 342 g/mol. The van der Waals surface area contributed by atoms with E-state index in [9.17, 15) is 0 Å². The summed E-state index contributed by atoms with van der Waals surface area (Å²) >= 11 is 4.48. The lowest BCUT2D eigenvalue weighted by Gasteiger charge is -2.11. The maximum absolute atomic E-state index is 3.16. The highest BCUT2D eigenvalue weighted by atomic mass is 127. The van der Waals surface area contributed by atoms with Crippen LogP contribution in [-0.4, -0.2) is 22.7 Å². The number of nitrogens with one attached hydrogen (secondary N) is 1. The Morgan fingerprint density at radius 2 is 2.22 bits per heavy atom. The molecule has 0 bridgehead atoms. The Balaban J connectivity index is 3.06.